The van der Waals surface area contributed by atoms with Crippen molar-refractivity contribution in [2.24, 2.45) is 10.7 Å². The molecule has 0 saturated heterocycles. The van der Waals surface area contributed by atoms with E-state index in [4.69, 9.17) is 28.9 Å². The number of aromatic nitrogens is 1. The molecule has 1 aromatic heterocycles. The summed E-state index contributed by atoms with van der Waals surface area (Å²) >= 11 is 13.6. The van der Waals surface area contributed by atoms with Crippen LogP contribution in [0.1, 0.15) is 17.0 Å². The summed E-state index contributed by atoms with van der Waals surface area (Å²) in [6, 6.07) is 7.32. The van der Waals surface area contributed by atoms with Crippen molar-refractivity contribution in [2.45, 2.75) is 13.8 Å². The highest BCUT2D eigenvalue weighted by molar-refractivity contribution is 8.18. The lowest BCUT2D eigenvalue weighted by molar-refractivity contribution is -0.113. The number of rotatable bonds is 2. The van der Waals surface area contributed by atoms with Gasteiger partial charge >= 0.3 is 0 Å². The third kappa shape index (κ3) is 3.04. The second kappa shape index (κ2) is 6.07. The zero-order valence-corrected chi connectivity index (χ0v) is 14.8. The Kier molecular flexibility index (Phi) is 4.27. The summed E-state index contributed by atoms with van der Waals surface area (Å²) in [7, 11) is 0. The highest BCUT2D eigenvalue weighted by Crippen LogP contribution is 2.32. The van der Waals surface area contributed by atoms with E-state index in [1.165, 1.54) is 11.8 Å². The normalized spacial score (nSPS) is 16.3. The summed E-state index contributed by atoms with van der Waals surface area (Å²) in [5, 5.41) is 1.49. The molecule has 0 saturated carbocycles. The maximum atomic E-state index is 11.8. The SMILES string of the molecule is Cc1cc(C=C2SC(N)=NC2=O)c(C)n1-c1cc(Cl)ccc1Cl. The summed E-state index contributed by atoms with van der Waals surface area (Å²) in [4.78, 5) is 16.0. The number of benzene rings is 1. The molecule has 1 aliphatic heterocycles. The summed E-state index contributed by atoms with van der Waals surface area (Å²) < 4.78 is 2.01. The van der Waals surface area contributed by atoms with Crippen LogP contribution in [0.25, 0.3) is 11.8 Å². The number of hydrogen-bond acceptors (Lipinski definition) is 3. The van der Waals surface area contributed by atoms with Crippen LogP contribution in [-0.4, -0.2) is 15.6 Å². The molecule has 7 heteroatoms. The number of carbonyl (C=O) groups is 1. The molecule has 2 heterocycles. The molecule has 23 heavy (non-hydrogen) atoms. The van der Waals surface area contributed by atoms with Crippen molar-refractivity contribution in [3.63, 3.8) is 0 Å². The van der Waals surface area contributed by atoms with Crippen LogP contribution in [0.15, 0.2) is 34.2 Å². The number of hydrogen-bond donors (Lipinski definition) is 1. The first-order chi connectivity index (χ1) is 10.9. The molecular weight excluding hydrogens is 353 g/mol. The van der Waals surface area contributed by atoms with E-state index in [0.29, 0.717) is 15.0 Å². The van der Waals surface area contributed by atoms with E-state index in [1.807, 2.05) is 30.5 Å². The lowest BCUT2D eigenvalue weighted by Crippen LogP contribution is -2.01. The summed E-state index contributed by atoms with van der Waals surface area (Å²) in [6.45, 7) is 3.94. The molecular formula is C16H13Cl2N3OS. The molecule has 2 N–H and O–H groups in total. The first-order valence-corrected chi connectivity index (χ1v) is 8.36. The van der Waals surface area contributed by atoms with Crippen molar-refractivity contribution in [3.05, 3.63) is 56.2 Å². The molecule has 118 valence electrons. The zero-order valence-electron chi connectivity index (χ0n) is 12.4. The highest BCUT2D eigenvalue weighted by atomic mass is 35.5. The van der Waals surface area contributed by atoms with E-state index in [9.17, 15) is 4.79 Å². The van der Waals surface area contributed by atoms with Crippen LogP contribution in [0.4, 0.5) is 0 Å². The van der Waals surface area contributed by atoms with Gasteiger partial charge in [0, 0.05) is 16.4 Å². The summed E-state index contributed by atoms with van der Waals surface area (Å²) in [6.07, 6.45) is 1.80. The molecule has 4 nitrogen and oxygen atoms in total. The fourth-order valence-electron chi connectivity index (χ4n) is 2.53. The Morgan fingerprint density at radius 2 is 2.00 bits per heavy atom. The molecule has 3 rings (SSSR count). The van der Waals surface area contributed by atoms with Gasteiger partial charge < -0.3 is 10.3 Å². The molecule has 2 aromatic rings. The van der Waals surface area contributed by atoms with E-state index >= 15 is 0 Å². The van der Waals surface area contributed by atoms with Crippen LogP contribution in [0.5, 0.6) is 0 Å². The molecule has 1 amide bonds. The van der Waals surface area contributed by atoms with Crippen molar-refractivity contribution < 1.29 is 4.79 Å². The molecule has 1 aromatic carbocycles. The molecule has 0 unspecified atom stereocenters. The molecule has 0 fully saturated rings. The van der Waals surface area contributed by atoms with Crippen molar-refractivity contribution in [1.29, 1.82) is 0 Å². The molecule has 0 radical (unpaired) electrons. The van der Waals surface area contributed by atoms with E-state index in [0.717, 1.165) is 22.6 Å². The average Bonchev–Trinajstić information content (AvgIpc) is 2.93. The Bertz CT molecular complexity index is 884. The number of thioether (sulfide) groups is 1. The lowest BCUT2D eigenvalue weighted by atomic mass is 10.2. The monoisotopic (exact) mass is 365 g/mol. The van der Waals surface area contributed by atoms with Crippen molar-refractivity contribution in [1.82, 2.24) is 4.57 Å². The van der Waals surface area contributed by atoms with Crippen LogP contribution >= 0.6 is 35.0 Å². The third-order valence-corrected chi connectivity index (χ3v) is 4.91. The fourth-order valence-corrected chi connectivity index (χ4v) is 3.57. The third-order valence-electron chi connectivity index (χ3n) is 3.54. The van der Waals surface area contributed by atoms with Crippen LogP contribution in [0.2, 0.25) is 10.0 Å². The second-order valence-corrected chi connectivity index (χ2v) is 7.03. The second-order valence-electron chi connectivity index (χ2n) is 5.12. The van der Waals surface area contributed by atoms with Crippen LogP contribution in [0.3, 0.4) is 0 Å². The van der Waals surface area contributed by atoms with Gasteiger partial charge in [0.15, 0.2) is 5.17 Å². The van der Waals surface area contributed by atoms with Crippen LogP contribution in [-0.2, 0) is 4.79 Å². The minimum atomic E-state index is -0.307. The smallest absolute Gasteiger partial charge is 0.286 e. The van der Waals surface area contributed by atoms with E-state index < -0.39 is 0 Å². The Balaban J connectivity index is 2.09. The van der Waals surface area contributed by atoms with Gasteiger partial charge in [0.2, 0.25) is 0 Å². The minimum Gasteiger partial charge on any atom is -0.378 e. The number of aryl methyl sites for hydroxylation is 1. The predicted octanol–water partition coefficient (Wildman–Crippen LogP) is 4.33. The largest absolute Gasteiger partial charge is 0.378 e. The number of aliphatic imine (C=N–C) groups is 1. The van der Waals surface area contributed by atoms with Gasteiger partial charge in [-0.15, -0.1) is 0 Å². The van der Waals surface area contributed by atoms with E-state index in [-0.39, 0.29) is 11.1 Å². The number of amidine groups is 1. The number of carbonyl (C=O) groups excluding carboxylic acids is 1. The van der Waals surface area contributed by atoms with Gasteiger partial charge in [-0.1, -0.05) is 23.2 Å². The number of amides is 1. The Morgan fingerprint density at radius 3 is 2.65 bits per heavy atom. The van der Waals surface area contributed by atoms with Gasteiger partial charge in [0.1, 0.15) is 0 Å². The quantitative estimate of drug-likeness (QED) is 0.805. The topological polar surface area (TPSA) is 60.4 Å². The Hall–Kier alpha value is -1.69. The van der Waals surface area contributed by atoms with Gasteiger partial charge in [0.25, 0.3) is 5.91 Å². The van der Waals surface area contributed by atoms with Crippen molar-refractivity contribution in [3.8, 4) is 5.69 Å². The van der Waals surface area contributed by atoms with E-state index in [2.05, 4.69) is 4.99 Å². The molecule has 0 spiro atoms. The molecule has 1 aliphatic rings. The van der Waals surface area contributed by atoms with Crippen molar-refractivity contribution in [2.75, 3.05) is 0 Å². The molecule has 0 aliphatic carbocycles. The van der Waals surface area contributed by atoms with Gasteiger partial charge in [-0.2, -0.15) is 4.99 Å². The molecule has 0 atom stereocenters. The first kappa shape index (κ1) is 16.2. The standard InChI is InChI=1S/C16H13Cl2N3OS/c1-8-5-10(6-14-15(22)20-16(19)23-14)9(2)21(8)13-7-11(17)3-4-12(13)18/h3-7H,1-2H3,(H2,19,20,22). The van der Waals surface area contributed by atoms with Gasteiger partial charge in [-0.25, -0.2) is 0 Å². The molecule has 0 bridgehead atoms. The minimum absolute atomic E-state index is 0.271. The summed E-state index contributed by atoms with van der Waals surface area (Å²) in [5.41, 5.74) is 9.25. The Labute approximate surface area is 148 Å². The number of halogens is 2. The van der Waals surface area contributed by atoms with E-state index in [1.54, 1.807) is 18.2 Å². The maximum Gasteiger partial charge on any atom is 0.286 e. The number of nitrogens with two attached hydrogens (primary N) is 1. The zero-order chi connectivity index (χ0) is 16.7. The summed E-state index contributed by atoms with van der Waals surface area (Å²) in [5.74, 6) is -0.307. The maximum absolute atomic E-state index is 11.8. The van der Waals surface area contributed by atoms with Crippen LogP contribution < -0.4 is 5.73 Å². The number of nitrogens with zero attached hydrogens (tertiary/aromatic N) is 2. The van der Waals surface area contributed by atoms with Gasteiger partial charge in [-0.3, -0.25) is 4.79 Å². The fraction of sp³-hybridized carbons (Fsp3) is 0.125. The highest BCUT2D eigenvalue weighted by Gasteiger charge is 2.21. The van der Waals surface area contributed by atoms with Gasteiger partial charge in [-0.05, 0) is 61.5 Å². The Morgan fingerprint density at radius 1 is 1.26 bits per heavy atom. The predicted molar refractivity (Wildman–Crippen MR) is 97.5 cm³/mol. The lowest BCUT2D eigenvalue weighted by Gasteiger charge is -2.12. The van der Waals surface area contributed by atoms with Gasteiger partial charge in [0.05, 0.1) is 15.6 Å². The first-order valence-electron chi connectivity index (χ1n) is 6.79. The van der Waals surface area contributed by atoms with Crippen molar-refractivity contribution >= 4 is 52.1 Å². The average molecular weight is 366 g/mol. The van der Waals surface area contributed by atoms with Crippen LogP contribution in [0, 0.1) is 13.8 Å².